The summed E-state index contributed by atoms with van der Waals surface area (Å²) in [4.78, 5) is 8.46. The lowest BCUT2D eigenvalue weighted by Crippen LogP contribution is -2.24. The van der Waals surface area contributed by atoms with E-state index in [0.29, 0.717) is 5.02 Å². The molecule has 0 spiro atoms. The average molecular weight is 371 g/mol. The molecule has 5 heteroatoms. The smallest absolute Gasteiger partial charge is 0.131 e. The fourth-order valence-electron chi connectivity index (χ4n) is 3.13. The Morgan fingerprint density at radius 3 is 2.88 bits per heavy atom. The maximum absolute atomic E-state index is 9.78. The van der Waals surface area contributed by atoms with E-state index in [9.17, 15) is 5.11 Å². The summed E-state index contributed by atoms with van der Waals surface area (Å²) in [6.45, 7) is 3.52. The van der Waals surface area contributed by atoms with Gasteiger partial charge in [0.05, 0.1) is 16.6 Å². The first kappa shape index (κ1) is 16.7. The Balaban J connectivity index is 1.73. The Kier molecular flexibility index (Phi) is 4.59. The molecule has 0 bridgehead atoms. The maximum atomic E-state index is 9.78. The molecule has 0 amide bonds. The van der Waals surface area contributed by atoms with Crippen molar-refractivity contribution in [3.63, 3.8) is 0 Å². The van der Waals surface area contributed by atoms with Crippen molar-refractivity contribution < 1.29 is 5.11 Å². The van der Waals surface area contributed by atoms with Gasteiger partial charge in [-0.2, -0.15) is 0 Å². The summed E-state index contributed by atoms with van der Waals surface area (Å²) in [5.74, 6) is 1.93. The lowest BCUT2D eigenvalue weighted by atomic mass is 10.1. The van der Waals surface area contributed by atoms with Crippen LogP contribution in [0.25, 0.3) is 10.9 Å². The van der Waals surface area contributed by atoms with E-state index in [1.165, 1.54) is 10.5 Å². The minimum Gasteiger partial charge on any atom is -0.389 e. The molecule has 1 aliphatic rings. The fraction of sp³-hybridized carbons (Fsp3) is 0.250. The number of halogens is 1. The van der Waals surface area contributed by atoms with Crippen LogP contribution in [0.1, 0.15) is 24.2 Å². The first-order chi connectivity index (χ1) is 12.1. The van der Waals surface area contributed by atoms with Crippen molar-refractivity contribution in [2.75, 3.05) is 17.2 Å². The number of rotatable bonds is 2. The lowest BCUT2D eigenvalue weighted by molar-refractivity contribution is 0.199. The second-order valence-corrected chi connectivity index (χ2v) is 7.84. The van der Waals surface area contributed by atoms with Gasteiger partial charge in [0.2, 0.25) is 0 Å². The molecule has 128 valence electrons. The largest absolute Gasteiger partial charge is 0.389 e. The van der Waals surface area contributed by atoms with Crippen molar-refractivity contribution in [1.82, 2.24) is 4.98 Å². The molecule has 1 unspecified atom stereocenters. The summed E-state index contributed by atoms with van der Waals surface area (Å²) in [6.07, 6.45) is -0.515. The zero-order chi connectivity index (χ0) is 17.4. The monoisotopic (exact) mass is 370 g/mol. The van der Waals surface area contributed by atoms with Gasteiger partial charge >= 0.3 is 0 Å². The van der Waals surface area contributed by atoms with Crippen LogP contribution in [0.4, 0.5) is 5.82 Å². The average Bonchev–Trinajstić information content (AvgIpc) is 2.83. The first-order valence-corrected chi connectivity index (χ1v) is 9.72. The van der Waals surface area contributed by atoms with Crippen LogP contribution >= 0.6 is 23.4 Å². The second kappa shape index (κ2) is 6.87. The molecule has 3 nitrogen and oxygen atoms in total. The molecular weight excluding hydrogens is 352 g/mol. The van der Waals surface area contributed by atoms with Gasteiger partial charge in [-0.3, -0.25) is 0 Å². The number of fused-ring (bicyclic) bond motifs is 2. The number of aliphatic hydroxyl groups excluding tert-OH is 1. The zero-order valence-electron chi connectivity index (χ0n) is 13.9. The van der Waals surface area contributed by atoms with Crippen molar-refractivity contribution in [1.29, 1.82) is 0 Å². The molecule has 2 aromatic carbocycles. The van der Waals surface area contributed by atoms with E-state index >= 15 is 0 Å². The second-order valence-electron chi connectivity index (χ2n) is 6.29. The molecule has 0 saturated heterocycles. The molecule has 1 aromatic heterocycles. The molecule has 0 radical (unpaired) electrons. The van der Waals surface area contributed by atoms with Crippen molar-refractivity contribution in [3.05, 3.63) is 64.7 Å². The quantitative estimate of drug-likeness (QED) is 0.684. The summed E-state index contributed by atoms with van der Waals surface area (Å²) < 4.78 is 0. The summed E-state index contributed by atoms with van der Waals surface area (Å²) in [7, 11) is 0. The van der Waals surface area contributed by atoms with Crippen LogP contribution in [-0.4, -0.2) is 22.4 Å². The lowest BCUT2D eigenvalue weighted by Gasteiger charge is -2.22. The van der Waals surface area contributed by atoms with Gasteiger partial charge in [0, 0.05) is 29.1 Å². The summed E-state index contributed by atoms with van der Waals surface area (Å²) >= 11 is 8.44. The topological polar surface area (TPSA) is 36.4 Å². The minimum absolute atomic E-state index is 0.515. The number of hydrogen-bond acceptors (Lipinski definition) is 4. The van der Waals surface area contributed by atoms with E-state index in [0.717, 1.165) is 41.1 Å². The molecule has 1 atom stereocenters. The van der Waals surface area contributed by atoms with Crippen molar-refractivity contribution in [2.45, 2.75) is 24.5 Å². The number of nitrogens with zero attached hydrogens (tertiary/aromatic N) is 2. The van der Waals surface area contributed by atoms with Crippen molar-refractivity contribution in [3.8, 4) is 0 Å². The number of pyridine rings is 1. The highest BCUT2D eigenvalue weighted by atomic mass is 35.5. The predicted octanol–water partition coefficient (Wildman–Crippen LogP) is 5.05. The normalized spacial score (nSPS) is 15.7. The first-order valence-electron chi connectivity index (χ1n) is 8.36. The van der Waals surface area contributed by atoms with Gasteiger partial charge in [0.25, 0.3) is 0 Å². The van der Waals surface area contributed by atoms with E-state index in [1.807, 2.05) is 36.0 Å². The third-order valence-electron chi connectivity index (χ3n) is 4.53. The van der Waals surface area contributed by atoms with Crippen LogP contribution < -0.4 is 4.90 Å². The van der Waals surface area contributed by atoms with Crippen LogP contribution in [-0.2, 0) is 6.54 Å². The number of aromatic nitrogens is 1. The SMILES string of the molecule is CC(O)c1ccc2nc(N3CCSc4ccccc4C3)cc(Cl)c2c1. The highest BCUT2D eigenvalue weighted by molar-refractivity contribution is 7.99. The molecule has 4 rings (SSSR count). The Bertz CT molecular complexity index is 929. The molecule has 0 fully saturated rings. The number of thioether (sulfide) groups is 1. The molecule has 1 N–H and O–H groups in total. The molecule has 3 aromatic rings. The molecule has 2 heterocycles. The van der Waals surface area contributed by atoms with Gasteiger partial charge < -0.3 is 10.0 Å². The summed E-state index contributed by atoms with van der Waals surface area (Å²) in [5.41, 5.74) is 3.04. The fourth-order valence-corrected chi connectivity index (χ4v) is 4.41. The van der Waals surface area contributed by atoms with Crippen LogP contribution in [0, 0.1) is 0 Å². The number of anilines is 1. The molecular formula is C20H19ClN2OS. The van der Waals surface area contributed by atoms with Gasteiger partial charge in [0.1, 0.15) is 5.82 Å². The third kappa shape index (κ3) is 3.34. The van der Waals surface area contributed by atoms with Crippen LogP contribution in [0.15, 0.2) is 53.4 Å². The van der Waals surface area contributed by atoms with E-state index in [4.69, 9.17) is 16.6 Å². The van der Waals surface area contributed by atoms with E-state index < -0.39 is 6.10 Å². The van der Waals surface area contributed by atoms with Crippen LogP contribution in [0.5, 0.6) is 0 Å². The third-order valence-corrected chi connectivity index (χ3v) is 5.94. The Hall–Kier alpha value is -1.75. The number of hydrogen-bond donors (Lipinski definition) is 1. The molecule has 0 saturated carbocycles. The highest BCUT2D eigenvalue weighted by Crippen LogP contribution is 2.33. The van der Waals surface area contributed by atoms with Crippen LogP contribution in [0.3, 0.4) is 0 Å². The number of aliphatic hydroxyl groups is 1. The Morgan fingerprint density at radius 1 is 1.20 bits per heavy atom. The minimum atomic E-state index is -0.515. The molecule has 25 heavy (non-hydrogen) atoms. The Morgan fingerprint density at radius 2 is 2.04 bits per heavy atom. The standard InChI is InChI=1S/C20H19ClN2OS/c1-13(24)14-6-7-18-16(10-14)17(21)11-20(22-18)23-8-9-25-19-5-3-2-4-15(19)12-23/h2-7,10-11,13,24H,8-9,12H2,1H3. The molecule has 1 aliphatic heterocycles. The van der Waals surface area contributed by atoms with Gasteiger partial charge in [0.15, 0.2) is 0 Å². The van der Waals surface area contributed by atoms with E-state index in [2.05, 4.69) is 29.2 Å². The zero-order valence-corrected chi connectivity index (χ0v) is 15.5. The summed E-state index contributed by atoms with van der Waals surface area (Å²) in [5, 5.41) is 11.3. The predicted molar refractivity (Wildman–Crippen MR) is 106 cm³/mol. The number of benzene rings is 2. The van der Waals surface area contributed by atoms with Crippen molar-refractivity contribution >= 4 is 40.1 Å². The van der Waals surface area contributed by atoms with Gasteiger partial charge in [-0.15, -0.1) is 11.8 Å². The van der Waals surface area contributed by atoms with Crippen LogP contribution in [0.2, 0.25) is 5.02 Å². The van der Waals surface area contributed by atoms with Crippen molar-refractivity contribution in [2.24, 2.45) is 0 Å². The Labute approximate surface area is 156 Å². The van der Waals surface area contributed by atoms with E-state index in [-0.39, 0.29) is 0 Å². The van der Waals surface area contributed by atoms with E-state index in [1.54, 1.807) is 6.92 Å². The molecule has 0 aliphatic carbocycles. The maximum Gasteiger partial charge on any atom is 0.131 e. The van der Waals surface area contributed by atoms with Gasteiger partial charge in [-0.25, -0.2) is 4.98 Å². The van der Waals surface area contributed by atoms with Gasteiger partial charge in [-0.05, 0) is 42.3 Å². The summed E-state index contributed by atoms with van der Waals surface area (Å²) in [6, 6.07) is 16.2. The highest BCUT2D eigenvalue weighted by Gasteiger charge is 2.17. The van der Waals surface area contributed by atoms with Gasteiger partial charge in [-0.1, -0.05) is 35.9 Å².